The van der Waals surface area contributed by atoms with Gasteiger partial charge in [0, 0.05) is 0 Å². The number of nitrogen functional groups attached to an aromatic ring is 2. The molecule has 2 aromatic heterocycles. The van der Waals surface area contributed by atoms with Gasteiger partial charge >= 0.3 is 0 Å². The van der Waals surface area contributed by atoms with Gasteiger partial charge < -0.3 is 26.4 Å². The number of nitrogens with two attached hydrogens (primary N) is 2. The number of fused-ring (bicyclic) bond motifs is 1. The van der Waals surface area contributed by atoms with Crippen molar-refractivity contribution < 1.29 is 19.3 Å². The SMILES string of the molecule is C=CC1(CO)OC(c2cnc3c(N)nc(N)nn23)C(F)C1O. The summed E-state index contributed by atoms with van der Waals surface area (Å²) in [6, 6.07) is 0. The molecule has 1 fully saturated rings. The number of rotatable bonds is 3. The van der Waals surface area contributed by atoms with Crippen LogP contribution >= 0.6 is 0 Å². The Labute approximate surface area is 124 Å². The molecule has 0 bridgehead atoms. The van der Waals surface area contributed by atoms with Crippen molar-refractivity contribution in [3.05, 3.63) is 24.5 Å². The lowest BCUT2D eigenvalue weighted by Gasteiger charge is -2.25. The molecule has 4 unspecified atom stereocenters. The average Bonchev–Trinajstić information content (AvgIpc) is 3.01. The second-order valence-electron chi connectivity index (χ2n) is 5.02. The van der Waals surface area contributed by atoms with Gasteiger partial charge in [0.1, 0.15) is 17.8 Å². The minimum absolute atomic E-state index is 0.0323. The van der Waals surface area contributed by atoms with Gasteiger partial charge in [-0.15, -0.1) is 11.7 Å². The molecule has 22 heavy (non-hydrogen) atoms. The molecule has 0 radical (unpaired) electrons. The van der Waals surface area contributed by atoms with Gasteiger partial charge in [-0.3, -0.25) is 0 Å². The van der Waals surface area contributed by atoms with Gasteiger partial charge in [0.25, 0.3) is 0 Å². The van der Waals surface area contributed by atoms with Crippen LogP contribution in [0.2, 0.25) is 0 Å². The first-order chi connectivity index (χ1) is 10.4. The van der Waals surface area contributed by atoms with Crippen molar-refractivity contribution in [3.8, 4) is 0 Å². The van der Waals surface area contributed by atoms with Crippen LogP contribution in [0.5, 0.6) is 0 Å². The van der Waals surface area contributed by atoms with Crippen molar-refractivity contribution in [2.45, 2.75) is 24.0 Å². The summed E-state index contributed by atoms with van der Waals surface area (Å²) in [6.07, 6.45) is -2.14. The van der Waals surface area contributed by atoms with Crippen molar-refractivity contribution in [2.24, 2.45) is 0 Å². The van der Waals surface area contributed by atoms with Crippen molar-refractivity contribution in [2.75, 3.05) is 18.1 Å². The summed E-state index contributed by atoms with van der Waals surface area (Å²) >= 11 is 0. The predicted octanol–water partition coefficient (Wildman–Crippen LogP) is -1.02. The first-order valence-electron chi connectivity index (χ1n) is 6.44. The quantitative estimate of drug-likeness (QED) is 0.527. The fourth-order valence-electron chi connectivity index (χ4n) is 2.52. The molecule has 1 aliphatic rings. The summed E-state index contributed by atoms with van der Waals surface area (Å²) in [5, 5.41) is 23.4. The van der Waals surface area contributed by atoms with Crippen LogP contribution < -0.4 is 11.5 Å². The third kappa shape index (κ3) is 1.85. The van der Waals surface area contributed by atoms with Crippen LogP contribution in [0.1, 0.15) is 11.8 Å². The minimum atomic E-state index is -1.82. The molecule has 3 rings (SSSR count). The van der Waals surface area contributed by atoms with Crippen LogP contribution in [0, 0.1) is 0 Å². The Hall–Kier alpha value is -2.30. The lowest BCUT2D eigenvalue weighted by Crippen LogP contribution is -2.43. The summed E-state index contributed by atoms with van der Waals surface area (Å²) in [6.45, 7) is 2.86. The first-order valence-corrected chi connectivity index (χ1v) is 6.44. The van der Waals surface area contributed by atoms with E-state index in [1.54, 1.807) is 0 Å². The summed E-state index contributed by atoms with van der Waals surface area (Å²) in [7, 11) is 0. The lowest BCUT2D eigenvalue weighted by atomic mass is 9.96. The minimum Gasteiger partial charge on any atom is -0.393 e. The zero-order valence-corrected chi connectivity index (χ0v) is 11.4. The maximum absolute atomic E-state index is 14.5. The van der Waals surface area contributed by atoms with E-state index in [-0.39, 0.29) is 23.1 Å². The van der Waals surface area contributed by atoms with Gasteiger partial charge in [0.15, 0.2) is 17.6 Å². The van der Waals surface area contributed by atoms with Crippen molar-refractivity contribution in [3.63, 3.8) is 0 Å². The molecule has 10 heteroatoms. The van der Waals surface area contributed by atoms with E-state index in [2.05, 4.69) is 21.6 Å². The number of halogens is 1. The third-order valence-electron chi connectivity index (χ3n) is 3.75. The Morgan fingerprint density at radius 3 is 2.86 bits per heavy atom. The number of ether oxygens (including phenoxy) is 1. The van der Waals surface area contributed by atoms with Crippen LogP contribution in [0.25, 0.3) is 5.65 Å². The Balaban J connectivity index is 2.11. The van der Waals surface area contributed by atoms with Crippen LogP contribution in [0.4, 0.5) is 16.2 Å². The van der Waals surface area contributed by atoms with Crippen LogP contribution in [0.3, 0.4) is 0 Å². The zero-order chi connectivity index (χ0) is 16.1. The van der Waals surface area contributed by atoms with Crippen molar-refractivity contribution >= 4 is 17.4 Å². The lowest BCUT2D eigenvalue weighted by molar-refractivity contribution is -0.0798. The highest BCUT2D eigenvalue weighted by Gasteiger charge is 2.54. The summed E-state index contributed by atoms with van der Waals surface area (Å²) in [4.78, 5) is 7.76. The highest BCUT2D eigenvalue weighted by atomic mass is 19.1. The normalized spacial score (nSPS) is 31.7. The largest absolute Gasteiger partial charge is 0.393 e. The van der Waals surface area contributed by atoms with E-state index in [1.165, 1.54) is 16.8 Å². The standard InChI is InChI=1S/C12H15FN6O3/c1-2-12(4-20)8(21)6(13)7(22-12)5-3-16-10-9(14)17-11(15)18-19(5)10/h2-3,6-8,20-21H,1,4H2,(H4,14,15,17,18). The second kappa shape index (κ2) is 4.87. The number of anilines is 2. The molecule has 0 aliphatic carbocycles. The van der Waals surface area contributed by atoms with Gasteiger partial charge in [0.2, 0.25) is 5.95 Å². The Morgan fingerprint density at radius 1 is 1.55 bits per heavy atom. The monoisotopic (exact) mass is 310 g/mol. The molecule has 1 saturated heterocycles. The van der Waals surface area contributed by atoms with Crippen molar-refractivity contribution in [1.82, 2.24) is 19.6 Å². The number of aromatic nitrogens is 4. The third-order valence-corrected chi connectivity index (χ3v) is 3.75. The van der Waals surface area contributed by atoms with Crippen LogP contribution in [-0.2, 0) is 4.74 Å². The Bertz CT molecular complexity index is 737. The van der Waals surface area contributed by atoms with E-state index in [0.717, 1.165) is 0 Å². The Morgan fingerprint density at radius 2 is 2.27 bits per heavy atom. The van der Waals surface area contributed by atoms with Gasteiger partial charge in [-0.1, -0.05) is 6.08 Å². The molecule has 0 saturated carbocycles. The number of aliphatic hydroxyl groups is 2. The zero-order valence-electron chi connectivity index (χ0n) is 11.4. The topological polar surface area (TPSA) is 145 Å². The molecule has 1 aliphatic heterocycles. The molecular weight excluding hydrogens is 295 g/mol. The highest BCUT2D eigenvalue weighted by molar-refractivity contribution is 5.60. The number of aliphatic hydroxyl groups excluding tert-OH is 2. The summed E-state index contributed by atoms with van der Waals surface area (Å²) in [5.41, 5.74) is 9.99. The van der Waals surface area contributed by atoms with Gasteiger partial charge in [-0.2, -0.15) is 4.98 Å². The van der Waals surface area contributed by atoms with E-state index < -0.39 is 30.6 Å². The highest BCUT2D eigenvalue weighted by Crippen LogP contribution is 2.42. The summed E-state index contributed by atoms with van der Waals surface area (Å²) in [5.74, 6) is -0.0832. The molecule has 6 N–H and O–H groups in total. The van der Waals surface area contributed by atoms with Gasteiger partial charge in [-0.05, 0) is 0 Å². The molecule has 0 spiro atoms. The van der Waals surface area contributed by atoms with E-state index in [0.29, 0.717) is 0 Å². The van der Waals surface area contributed by atoms with Crippen LogP contribution in [0.15, 0.2) is 18.9 Å². The molecule has 2 aromatic rings. The van der Waals surface area contributed by atoms with Gasteiger partial charge in [0.05, 0.1) is 18.5 Å². The smallest absolute Gasteiger partial charge is 0.240 e. The number of hydrogen-bond donors (Lipinski definition) is 4. The molecule has 0 aromatic carbocycles. The predicted molar refractivity (Wildman–Crippen MR) is 74.3 cm³/mol. The average molecular weight is 310 g/mol. The molecule has 4 atom stereocenters. The number of nitrogens with zero attached hydrogens (tertiary/aromatic N) is 4. The summed E-state index contributed by atoms with van der Waals surface area (Å²) < 4.78 is 21.2. The molecule has 118 valence electrons. The fourth-order valence-corrected chi connectivity index (χ4v) is 2.52. The van der Waals surface area contributed by atoms with E-state index in [9.17, 15) is 14.6 Å². The van der Waals surface area contributed by atoms with Gasteiger partial charge in [-0.25, -0.2) is 13.9 Å². The molecular formula is C12H15FN6O3. The molecule has 0 amide bonds. The number of imidazole rings is 1. The van der Waals surface area contributed by atoms with Crippen LogP contribution in [-0.4, -0.2) is 54.3 Å². The number of hydrogen-bond acceptors (Lipinski definition) is 8. The second-order valence-corrected chi connectivity index (χ2v) is 5.02. The fraction of sp³-hybridized carbons (Fsp3) is 0.417. The maximum atomic E-state index is 14.5. The van der Waals surface area contributed by atoms with E-state index >= 15 is 0 Å². The first kappa shape index (κ1) is 14.6. The van der Waals surface area contributed by atoms with E-state index in [4.69, 9.17) is 16.2 Å². The molecule has 3 heterocycles. The maximum Gasteiger partial charge on any atom is 0.240 e. The Kier molecular flexibility index (Phi) is 3.24. The molecule has 9 nitrogen and oxygen atoms in total. The van der Waals surface area contributed by atoms with Crippen molar-refractivity contribution in [1.29, 1.82) is 0 Å². The van der Waals surface area contributed by atoms with E-state index in [1.807, 2.05) is 0 Å². The number of alkyl halides is 1.